The van der Waals surface area contributed by atoms with Crippen LogP contribution < -0.4 is 5.32 Å². The molecule has 0 saturated heterocycles. The third-order valence-electron chi connectivity index (χ3n) is 5.84. The molecule has 2 N–H and O–H groups in total. The molecular formula is C27H51NO6. The monoisotopic (exact) mass is 485 g/mol. The second kappa shape index (κ2) is 24.5. The Morgan fingerprint density at radius 3 is 1.44 bits per heavy atom. The predicted octanol–water partition coefficient (Wildman–Crippen LogP) is 5.61. The van der Waals surface area contributed by atoms with Crippen molar-refractivity contribution in [2.24, 2.45) is 0 Å². The van der Waals surface area contributed by atoms with Crippen LogP contribution in [0.15, 0.2) is 0 Å². The van der Waals surface area contributed by atoms with Gasteiger partial charge in [0.05, 0.1) is 0 Å². The van der Waals surface area contributed by atoms with Crippen LogP contribution in [0.25, 0.3) is 0 Å². The molecule has 34 heavy (non-hydrogen) atoms. The molecule has 0 spiro atoms. The minimum Gasteiger partial charge on any atom is -0.463 e. The predicted molar refractivity (Wildman–Crippen MR) is 135 cm³/mol. The van der Waals surface area contributed by atoms with E-state index in [0.29, 0.717) is 6.42 Å². The van der Waals surface area contributed by atoms with Gasteiger partial charge in [0.2, 0.25) is 5.91 Å². The van der Waals surface area contributed by atoms with Crippen molar-refractivity contribution in [3.8, 4) is 0 Å². The van der Waals surface area contributed by atoms with Gasteiger partial charge in [0.1, 0.15) is 25.9 Å². The van der Waals surface area contributed by atoms with Crippen LogP contribution in [-0.2, 0) is 23.9 Å². The van der Waals surface area contributed by atoms with Crippen molar-refractivity contribution in [3.05, 3.63) is 0 Å². The van der Waals surface area contributed by atoms with Gasteiger partial charge in [-0.05, 0) is 6.42 Å². The van der Waals surface area contributed by atoms with E-state index in [1.165, 1.54) is 96.8 Å². The molecule has 0 aliphatic carbocycles. The van der Waals surface area contributed by atoms with E-state index in [1.54, 1.807) is 0 Å². The lowest BCUT2D eigenvalue weighted by Crippen LogP contribution is -2.31. The standard InChI is InChI=1S/C27H51NO6/c1-3-4-5-6-7-8-9-10-11-12-13-14-15-16-17-18-19-20-26(31)33-22-25(30)23-34-27(32)21-28-24(2)29/h25,30H,3-23H2,1-2H3,(H,28,29). The molecule has 0 radical (unpaired) electrons. The van der Waals surface area contributed by atoms with Crippen LogP contribution in [0.3, 0.4) is 0 Å². The SMILES string of the molecule is CCCCCCCCCCCCCCCCCCCC(=O)OCC(O)COC(=O)CNC(C)=O. The largest absolute Gasteiger partial charge is 0.463 e. The van der Waals surface area contributed by atoms with Gasteiger partial charge in [0.25, 0.3) is 0 Å². The Labute approximate surface area is 207 Å². The summed E-state index contributed by atoms with van der Waals surface area (Å²) in [6, 6.07) is 0. The summed E-state index contributed by atoms with van der Waals surface area (Å²) in [5.41, 5.74) is 0. The number of amides is 1. The molecule has 7 nitrogen and oxygen atoms in total. The molecule has 7 heteroatoms. The summed E-state index contributed by atoms with van der Waals surface area (Å²) >= 11 is 0. The van der Waals surface area contributed by atoms with Crippen LogP contribution in [-0.4, -0.2) is 48.8 Å². The van der Waals surface area contributed by atoms with Crippen LogP contribution >= 0.6 is 0 Å². The smallest absolute Gasteiger partial charge is 0.325 e. The second-order valence-corrected chi connectivity index (χ2v) is 9.34. The van der Waals surface area contributed by atoms with E-state index >= 15 is 0 Å². The van der Waals surface area contributed by atoms with Crippen LogP contribution in [0.1, 0.15) is 129 Å². The van der Waals surface area contributed by atoms with E-state index in [1.807, 2.05) is 0 Å². The fraction of sp³-hybridized carbons (Fsp3) is 0.889. The zero-order chi connectivity index (χ0) is 25.3. The molecule has 1 amide bonds. The average Bonchev–Trinajstić information content (AvgIpc) is 2.81. The summed E-state index contributed by atoms with van der Waals surface area (Å²) in [5, 5.41) is 12.0. The van der Waals surface area contributed by atoms with Crippen molar-refractivity contribution in [1.29, 1.82) is 0 Å². The number of carbonyl (C=O) groups excluding carboxylic acids is 3. The molecule has 0 rings (SSSR count). The Balaban J connectivity index is 3.34. The summed E-state index contributed by atoms with van der Waals surface area (Å²) in [6.45, 7) is 2.83. The molecule has 0 aromatic carbocycles. The molecule has 1 unspecified atom stereocenters. The van der Waals surface area contributed by atoms with E-state index in [2.05, 4.69) is 12.2 Å². The van der Waals surface area contributed by atoms with E-state index in [0.717, 1.165) is 19.3 Å². The Morgan fingerprint density at radius 1 is 0.647 bits per heavy atom. The molecule has 1 atom stereocenters. The zero-order valence-corrected chi connectivity index (χ0v) is 21.9. The van der Waals surface area contributed by atoms with Gasteiger partial charge in [-0.15, -0.1) is 0 Å². The molecular weight excluding hydrogens is 434 g/mol. The van der Waals surface area contributed by atoms with Crippen molar-refractivity contribution < 1.29 is 29.0 Å². The van der Waals surface area contributed by atoms with Crippen LogP contribution in [0.5, 0.6) is 0 Å². The number of aliphatic hydroxyl groups is 1. The minimum absolute atomic E-state index is 0.203. The molecule has 200 valence electrons. The van der Waals surface area contributed by atoms with Gasteiger partial charge < -0.3 is 19.9 Å². The molecule has 0 heterocycles. The molecule has 0 saturated carbocycles. The first kappa shape index (κ1) is 32.4. The second-order valence-electron chi connectivity index (χ2n) is 9.34. The summed E-state index contributed by atoms with van der Waals surface area (Å²) in [5.74, 6) is -1.33. The first-order valence-corrected chi connectivity index (χ1v) is 13.7. The molecule has 0 aromatic rings. The van der Waals surface area contributed by atoms with Crippen LogP contribution in [0.4, 0.5) is 0 Å². The number of hydrogen-bond acceptors (Lipinski definition) is 6. The fourth-order valence-corrected chi connectivity index (χ4v) is 3.74. The number of ether oxygens (including phenoxy) is 2. The summed E-state index contributed by atoms with van der Waals surface area (Å²) < 4.78 is 9.80. The third kappa shape index (κ3) is 25.0. The highest BCUT2D eigenvalue weighted by molar-refractivity contribution is 5.80. The lowest BCUT2D eigenvalue weighted by Gasteiger charge is -2.12. The molecule has 0 fully saturated rings. The Kier molecular flexibility index (Phi) is 23.3. The Bertz CT molecular complexity index is 511. The topological polar surface area (TPSA) is 102 Å². The van der Waals surface area contributed by atoms with E-state index < -0.39 is 12.1 Å². The van der Waals surface area contributed by atoms with E-state index in [4.69, 9.17) is 9.47 Å². The van der Waals surface area contributed by atoms with Gasteiger partial charge in [-0.25, -0.2) is 0 Å². The molecule has 0 aromatic heterocycles. The van der Waals surface area contributed by atoms with Crippen molar-refractivity contribution in [1.82, 2.24) is 5.32 Å². The molecule has 0 aliphatic rings. The fourth-order valence-electron chi connectivity index (χ4n) is 3.74. The quantitative estimate of drug-likeness (QED) is 0.136. The van der Waals surface area contributed by atoms with E-state index in [9.17, 15) is 19.5 Å². The van der Waals surface area contributed by atoms with E-state index in [-0.39, 0.29) is 31.6 Å². The maximum Gasteiger partial charge on any atom is 0.325 e. The highest BCUT2D eigenvalue weighted by Gasteiger charge is 2.12. The Morgan fingerprint density at radius 2 is 1.03 bits per heavy atom. The van der Waals surface area contributed by atoms with Crippen LogP contribution in [0.2, 0.25) is 0 Å². The van der Waals surface area contributed by atoms with Gasteiger partial charge in [0.15, 0.2) is 0 Å². The van der Waals surface area contributed by atoms with Gasteiger partial charge >= 0.3 is 11.9 Å². The highest BCUT2D eigenvalue weighted by Crippen LogP contribution is 2.14. The van der Waals surface area contributed by atoms with Crippen molar-refractivity contribution >= 4 is 17.8 Å². The van der Waals surface area contributed by atoms with Gasteiger partial charge in [0, 0.05) is 13.3 Å². The number of rotatable bonds is 24. The van der Waals surface area contributed by atoms with Crippen molar-refractivity contribution in [2.75, 3.05) is 19.8 Å². The number of nitrogens with one attached hydrogen (secondary N) is 1. The molecule has 0 bridgehead atoms. The lowest BCUT2D eigenvalue weighted by atomic mass is 10.0. The maximum atomic E-state index is 11.7. The lowest BCUT2D eigenvalue weighted by molar-refractivity contribution is -0.152. The highest BCUT2D eigenvalue weighted by atomic mass is 16.6. The summed E-state index contributed by atoms with van der Waals surface area (Å²) in [7, 11) is 0. The van der Waals surface area contributed by atoms with Gasteiger partial charge in [-0.1, -0.05) is 110 Å². The number of carbonyl (C=O) groups is 3. The Hall–Kier alpha value is -1.63. The third-order valence-corrected chi connectivity index (χ3v) is 5.84. The van der Waals surface area contributed by atoms with Crippen molar-refractivity contribution in [2.45, 2.75) is 136 Å². The first-order chi connectivity index (χ1) is 16.5. The first-order valence-electron chi connectivity index (χ1n) is 13.7. The van der Waals surface area contributed by atoms with Gasteiger partial charge in [-0.3, -0.25) is 14.4 Å². The molecule has 0 aliphatic heterocycles. The average molecular weight is 486 g/mol. The number of esters is 2. The number of aliphatic hydroxyl groups excluding tert-OH is 1. The van der Waals surface area contributed by atoms with Crippen molar-refractivity contribution in [3.63, 3.8) is 0 Å². The number of hydrogen-bond donors (Lipinski definition) is 2. The normalized spacial score (nSPS) is 11.7. The maximum absolute atomic E-state index is 11.7. The van der Waals surface area contributed by atoms with Crippen LogP contribution in [0, 0.1) is 0 Å². The summed E-state index contributed by atoms with van der Waals surface area (Å²) in [4.78, 5) is 33.8. The minimum atomic E-state index is -1.07. The summed E-state index contributed by atoms with van der Waals surface area (Å²) in [6.07, 6.45) is 21.3. The van der Waals surface area contributed by atoms with Gasteiger partial charge in [-0.2, -0.15) is 0 Å². The zero-order valence-electron chi connectivity index (χ0n) is 21.9. The number of unbranched alkanes of at least 4 members (excludes halogenated alkanes) is 16.